The molecule has 0 spiro atoms. The van der Waals surface area contributed by atoms with E-state index in [1.807, 2.05) is 11.5 Å². The molecule has 0 atom stereocenters. The number of Topliss-reactive ketones (excluding diaryl/α,β-unsaturated/α-hetero) is 1. The van der Waals surface area contributed by atoms with E-state index in [4.69, 9.17) is 4.74 Å². The van der Waals surface area contributed by atoms with Crippen LogP contribution in [-0.2, 0) is 22.3 Å². The van der Waals surface area contributed by atoms with Gasteiger partial charge in [0.2, 0.25) is 5.78 Å². The molecule has 0 bridgehead atoms. The van der Waals surface area contributed by atoms with Crippen molar-refractivity contribution in [2.45, 2.75) is 26.6 Å². The highest BCUT2D eigenvalue weighted by molar-refractivity contribution is 6.00. The first kappa shape index (κ1) is 22.9. The summed E-state index contributed by atoms with van der Waals surface area (Å²) in [5, 5.41) is 2.24. The fraction of sp³-hybridized carbons (Fsp3) is 0.286. The van der Waals surface area contributed by atoms with Gasteiger partial charge in [-0.3, -0.25) is 14.4 Å². The lowest BCUT2D eigenvalue weighted by molar-refractivity contribution is -0.141. The number of carbonyl (C=O) groups excluding carboxylic acids is 3. The van der Waals surface area contributed by atoms with E-state index in [1.165, 1.54) is 0 Å². The van der Waals surface area contributed by atoms with Crippen molar-refractivity contribution in [1.29, 1.82) is 0 Å². The van der Waals surface area contributed by atoms with Crippen molar-refractivity contribution >= 4 is 17.7 Å². The molecule has 1 aromatic heterocycles. The van der Waals surface area contributed by atoms with E-state index in [0.717, 1.165) is 35.7 Å². The van der Waals surface area contributed by atoms with E-state index >= 15 is 0 Å². The molecule has 0 saturated heterocycles. The number of nitrogens with one attached hydrogen (secondary N) is 1. The van der Waals surface area contributed by atoms with Crippen molar-refractivity contribution in [1.82, 2.24) is 9.88 Å². The second-order valence-corrected chi connectivity index (χ2v) is 6.53. The SMILES string of the molecule is C=CCn1c(C)cc(C(=O)COC(=O)CNC(=O)c2ccc(C(F)(F)F)cc2)c1C. The minimum atomic E-state index is -4.51. The second-order valence-electron chi connectivity index (χ2n) is 6.53. The molecule has 0 aliphatic rings. The van der Waals surface area contributed by atoms with Gasteiger partial charge >= 0.3 is 12.1 Å². The van der Waals surface area contributed by atoms with E-state index in [2.05, 4.69) is 11.9 Å². The quantitative estimate of drug-likeness (QED) is 0.402. The largest absolute Gasteiger partial charge is 0.456 e. The Morgan fingerprint density at radius 2 is 1.80 bits per heavy atom. The molecule has 1 aromatic carbocycles. The van der Waals surface area contributed by atoms with Gasteiger partial charge in [0.15, 0.2) is 6.61 Å². The lowest BCUT2D eigenvalue weighted by Gasteiger charge is -2.09. The molecule has 0 fully saturated rings. The molecule has 9 heteroatoms. The van der Waals surface area contributed by atoms with Crippen LogP contribution in [0.2, 0.25) is 0 Å². The summed E-state index contributed by atoms with van der Waals surface area (Å²) in [7, 11) is 0. The zero-order chi connectivity index (χ0) is 22.5. The van der Waals surface area contributed by atoms with Gasteiger partial charge in [-0.15, -0.1) is 6.58 Å². The molecule has 0 saturated carbocycles. The number of ketones is 1. The Balaban J connectivity index is 1.86. The molecule has 2 aromatic rings. The monoisotopic (exact) mass is 422 g/mol. The van der Waals surface area contributed by atoms with Crippen molar-refractivity contribution in [3.63, 3.8) is 0 Å². The minimum absolute atomic E-state index is 0.0402. The predicted molar refractivity (Wildman–Crippen MR) is 103 cm³/mol. The minimum Gasteiger partial charge on any atom is -0.456 e. The summed E-state index contributed by atoms with van der Waals surface area (Å²) >= 11 is 0. The van der Waals surface area contributed by atoms with Gasteiger partial charge in [-0.05, 0) is 44.2 Å². The molecular formula is C21H21F3N2O4. The van der Waals surface area contributed by atoms with E-state index < -0.39 is 36.8 Å². The predicted octanol–water partition coefficient (Wildman–Crippen LogP) is 3.47. The highest BCUT2D eigenvalue weighted by Gasteiger charge is 2.30. The molecule has 0 aliphatic carbocycles. The fourth-order valence-electron chi connectivity index (χ4n) is 2.83. The molecular weight excluding hydrogens is 401 g/mol. The lowest BCUT2D eigenvalue weighted by Crippen LogP contribution is -2.31. The number of aromatic nitrogens is 1. The number of allylic oxidation sites excluding steroid dienone is 1. The van der Waals surface area contributed by atoms with Crippen molar-refractivity contribution in [3.05, 3.63) is 71.1 Å². The summed E-state index contributed by atoms with van der Waals surface area (Å²) in [6.45, 7) is 6.81. The Morgan fingerprint density at radius 3 is 2.37 bits per heavy atom. The normalized spacial score (nSPS) is 11.1. The van der Waals surface area contributed by atoms with Crippen molar-refractivity contribution in [2.75, 3.05) is 13.2 Å². The third kappa shape index (κ3) is 5.59. The standard InChI is InChI=1S/C21H21F3N2O4/c1-4-9-26-13(2)10-17(14(26)3)18(27)12-30-19(28)11-25-20(29)15-5-7-16(8-6-15)21(22,23)24/h4-8,10H,1,9,11-12H2,2-3H3,(H,25,29). The van der Waals surface area contributed by atoms with E-state index in [1.54, 1.807) is 19.1 Å². The van der Waals surface area contributed by atoms with Crippen LogP contribution in [0.1, 0.15) is 37.7 Å². The van der Waals surface area contributed by atoms with Gasteiger partial charge in [-0.1, -0.05) is 6.08 Å². The fourth-order valence-corrected chi connectivity index (χ4v) is 2.83. The number of hydrogen-bond acceptors (Lipinski definition) is 4. The molecule has 1 N–H and O–H groups in total. The average molecular weight is 422 g/mol. The lowest BCUT2D eigenvalue weighted by atomic mass is 10.1. The molecule has 30 heavy (non-hydrogen) atoms. The van der Waals surface area contributed by atoms with Crippen molar-refractivity contribution in [2.24, 2.45) is 0 Å². The first-order valence-electron chi connectivity index (χ1n) is 8.96. The second kappa shape index (κ2) is 9.43. The summed E-state index contributed by atoms with van der Waals surface area (Å²) in [6, 6.07) is 5.25. The van der Waals surface area contributed by atoms with Gasteiger partial charge in [-0.25, -0.2) is 0 Å². The van der Waals surface area contributed by atoms with E-state index in [-0.39, 0.29) is 11.3 Å². The number of amides is 1. The Kier molecular flexibility index (Phi) is 7.20. The van der Waals surface area contributed by atoms with Crippen LogP contribution in [0.25, 0.3) is 0 Å². The summed E-state index contributed by atoms with van der Waals surface area (Å²) in [5.74, 6) is -1.97. The Labute approximate surface area is 171 Å². The Morgan fingerprint density at radius 1 is 1.17 bits per heavy atom. The molecule has 1 heterocycles. The van der Waals surface area contributed by atoms with Gasteiger partial charge in [0.1, 0.15) is 6.54 Å². The molecule has 6 nitrogen and oxygen atoms in total. The summed E-state index contributed by atoms with van der Waals surface area (Å²) in [5.41, 5.74) is 1.09. The van der Waals surface area contributed by atoms with Crippen LogP contribution in [-0.4, -0.2) is 35.4 Å². The Bertz CT molecular complexity index is 960. The van der Waals surface area contributed by atoms with Crippen LogP contribution < -0.4 is 5.32 Å². The topological polar surface area (TPSA) is 77.4 Å². The summed E-state index contributed by atoms with van der Waals surface area (Å²) in [4.78, 5) is 36.1. The summed E-state index contributed by atoms with van der Waals surface area (Å²) in [6.07, 6.45) is -2.80. The van der Waals surface area contributed by atoms with Gasteiger partial charge in [0, 0.05) is 29.1 Å². The molecule has 160 valence electrons. The molecule has 1 amide bonds. The number of ether oxygens (including phenoxy) is 1. The maximum Gasteiger partial charge on any atom is 0.416 e. The molecule has 0 aliphatic heterocycles. The van der Waals surface area contributed by atoms with E-state index in [0.29, 0.717) is 12.1 Å². The van der Waals surface area contributed by atoms with Crippen LogP contribution in [0.3, 0.4) is 0 Å². The summed E-state index contributed by atoms with van der Waals surface area (Å²) < 4.78 is 44.4. The van der Waals surface area contributed by atoms with Crippen molar-refractivity contribution in [3.8, 4) is 0 Å². The number of alkyl halides is 3. The third-order valence-corrected chi connectivity index (χ3v) is 4.42. The zero-order valence-corrected chi connectivity index (χ0v) is 16.5. The number of nitrogens with zero attached hydrogens (tertiary/aromatic N) is 1. The highest BCUT2D eigenvalue weighted by Crippen LogP contribution is 2.29. The first-order chi connectivity index (χ1) is 14.0. The Hall–Kier alpha value is -3.36. The average Bonchev–Trinajstić information content (AvgIpc) is 2.98. The van der Waals surface area contributed by atoms with Gasteiger partial charge < -0.3 is 14.6 Å². The highest BCUT2D eigenvalue weighted by atomic mass is 19.4. The van der Waals surface area contributed by atoms with Crippen LogP contribution in [0, 0.1) is 13.8 Å². The maximum absolute atomic E-state index is 12.5. The van der Waals surface area contributed by atoms with Gasteiger partial charge in [-0.2, -0.15) is 13.2 Å². The van der Waals surface area contributed by atoms with E-state index in [9.17, 15) is 27.6 Å². The first-order valence-corrected chi connectivity index (χ1v) is 8.96. The molecule has 2 rings (SSSR count). The van der Waals surface area contributed by atoms with Crippen LogP contribution in [0.5, 0.6) is 0 Å². The number of benzene rings is 1. The number of aryl methyl sites for hydroxylation is 1. The third-order valence-electron chi connectivity index (χ3n) is 4.42. The zero-order valence-electron chi connectivity index (χ0n) is 16.5. The van der Waals surface area contributed by atoms with Crippen LogP contribution >= 0.6 is 0 Å². The number of halogens is 3. The number of carbonyl (C=O) groups is 3. The van der Waals surface area contributed by atoms with Gasteiger partial charge in [0.25, 0.3) is 5.91 Å². The number of esters is 1. The van der Waals surface area contributed by atoms with Crippen molar-refractivity contribution < 1.29 is 32.3 Å². The van der Waals surface area contributed by atoms with Gasteiger partial charge in [0.05, 0.1) is 5.56 Å². The van der Waals surface area contributed by atoms with Crippen LogP contribution in [0.4, 0.5) is 13.2 Å². The molecule has 0 radical (unpaired) electrons. The van der Waals surface area contributed by atoms with Crippen LogP contribution in [0.15, 0.2) is 43.0 Å². The number of hydrogen-bond donors (Lipinski definition) is 1. The number of rotatable bonds is 8. The maximum atomic E-state index is 12.5. The smallest absolute Gasteiger partial charge is 0.416 e. The molecule has 0 unspecified atom stereocenters.